The maximum Gasteiger partial charge on any atom is 0.277 e. The van der Waals surface area contributed by atoms with Gasteiger partial charge < -0.3 is 10.3 Å². The molecule has 2 heterocycles. The zero-order valence-corrected chi connectivity index (χ0v) is 13.0. The molecule has 20 heavy (non-hydrogen) atoms. The van der Waals surface area contributed by atoms with Crippen LogP contribution in [0.15, 0.2) is 17.8 Å². The van der Waals surface area contributed by atoms with Gasteiger partial charge in [-0.05, 0) is 5.92 Å². The van der Waals surface area contributed by atoms with Gasteiger partial charge in [0.15, 0.2) is 0 Å². The number of hydrogen-bond acceptors (Lipinski definition) is 5. The Labute approximate surface area is 127 Å². The first kappa shape index (κ1) is 16.6. The second-order valence-corrected chi connectivity index (χ2v) is 5.52. The summed E-state index contributed by atoms with van der Waals surface area (Å²) in [5.41, 5.74) is 5.86. The predicted octanol–water partition coefficient (Wildman–Crippen LogP) is 2.13. The lowest BCUT2D eigenvalue weighted by molar-refractivity contribution is 0.102. The van der Waals surface area contributed by atoms with E-state index in [1.807, 2.05) is 10.8 Å². The van der Waals surface area contributed by atoms with Crippen molar-refractivity contribution >= 4 is 35.6 Å². The molecule has 110 valence electrons. The Morgan fingerprint density at radius 3 is 2.90 bits per heavy atom. The number of carbonyl (C=O) groups is 1. The number of nitrogens with zero attached hydrogens (tertiary/aromatic N) is 3. The van der Waals surface area contributed by atoms with Crippen LogP contribution in [0, 0.1) is 5.92 Å². The van der Waals surface area contributed by atoms with Gasteiger partial charge in [-0.15, -0.1) is 23.7 Å². The monoisotopic (exact) mass is 315 g/mol. The molecule has 0 radical (unpaired) electrons. The third-order valence-electron chi connectivity index (χ3n) is 2.46. The Balaban J connectivity index is 0.00000200. The molecule has 2 rings (SSSR count). The van der Waals surface area contributed by atoms with Crippen molar-refractivity contribution in [3.63, 3.8) is 0 Å². The zero-order chi connectivity index (χ0) is 13.8. The van der Waals surface area contributed by atoms with Gasteiger partial charge in [0.1, 0.15) is 10.7 Å². The molecule has 0 aliphatic rings. The molecule has 0 fully saturated rings. The summed E-state index contributed by atoms with van der Waals surface area (Å²) >= 11 is 1.38. The highest BCUT2D eigenvalue weighted by Crippen LogP contribution is 2.12. The van der Waals surface area contributed by atoms with Gasteiger partial charge in [0, 0.05) is 30.9 Å². The summed E-state index contributed by atoms with van der Waals surface area (Å²) in [6.45, 7) is 5.37. The number of nitrogens with two attached hydrogens (primary N) is 1. The van der Waals surface area contributed by atoms with E-state index in [0.29, 0.717) is 24.1 Å². The molecule has 3 N–H and O–H groups in total. The minimum atomic E-state index is -0.257. The summed E-state index contributed by atoms with van der Waals surface area (Å²) in [6.07, 6.45) is 3.52. The fourth-order valence-corrected chi connectivity index (χ4v) is 2.30. The molecule has 8 heteroatoms. The van der Waals surface area contributed by atoms with Gasteiger partial charge in [-0.25, -0.2) is 9.97 Å². The molecular formula is C12H18ClN5OS. The van der Waals surface area contributed by atoms with E-state index in [2.05, 4.69) is 29.1 Å². The molecular weight excluding hydrogens is 298 g/mol. The van der Waals surface area contributed by atoms with Crippen molar-refractivity contribution in [2.75, 3.05) is 5.32 Å². The van der Waals surface area contributed by atoms with Crippen molar-refractivity contribution < 1.29 is 4.79 Å². The van der Waals surface area contributed by atoms with Gasteiger partial charge in [0.2, 0.25) is 5.95 Å². The number of halogens is 1. The Hall–Kier alpha value is -1.44. The first-order valence-electron chi connectivity index (χ1n) is 6.07. The van der Waals surface area contributed by atoms with Crippen LogP contribution in [-0.2, 0) is 13.1 Å². The summed E-state index contributed by atoms with van der Waals surface area (Å²) in [5, 5.41) is 5.21. The van der Waals surface area contributed by atoms with E-state index in [1.165, 1.54) is 11.3 Å². The average Bonchev–Trinajstić information content (AvgIpc) is 2.98. The lowest BCUT2D eigenvalue weighted by Crippen LogP contribution is -2.17. The fourth-order valence-electron chi connectivity index (χ4n) is 1.65. The van der Waals surface area contributed by atoms with Crippen molar-refractivity contribution in [2.45, 2.75) is 26.9 Å². The Kier molecular flexibility index (Phi) is 6.12. The number of hydrogen-bond donors (Lipinski definition) is 2. The van der Waals surface area contributed by atoms with Gasteiger partial charge in [0.05, 0.1) is 0 Å². The summed E-state index contributed by atoms with van der Waals surface area (Å²) in [5.74, 6) is 0.765. The molecule has 0 spiro atoms. The normalized spacial score (nSPS) is 10.4. The molecule has 0 aromatic carbocycles. The fraction of sp³-hybridized carbons (Fsp3) is 0.417. The van der Waals surface area contributed by atoms with Crippen molar-refractivity contribution in [1.29, 1.82) is 0 Å². The third kappa shape index (κ3) is 4.03. The molecule has 0 atom stereocenters. The summed E-state index contributed by atoms with van der Waals surface area (Å²) in [7, 11) is 0. The van der Waals surface area contributed by atoms with Crippen LogP contribution in [0.1, 0.15) is 29.3 Å². The van der Waals surface area contributed by atoms with Crippen LogP contribution in [-0.4, -0.2) is 20.4 Å². The van der Waals surface area contributed by atoms with Crippen LogP contribution >= 0.6 is 23.7 Å². The molecule has 0 aliphatic carbocycles. The molecule has 6 nitrogen and oxygen atoms in total. The van der Waals surface area contributed by atoms with Crippen molar-refractivity contribution in [3.8, 4) is 0 Å². The van der Waals surface area contributed by atoms with Crippen LogP contribution in [0.2, 0.25) is 0 Å². The first-order chi connectivity index (χ1) is 9.10. The van der Waals surface area contributed by atoms with Crippen LogP contribution < -0.4 is 11.1 Å². The lowest BCUT2D eigenvalue weighted by Gasteiger charge is -2.10. The van der Waals surface area contributed by atoms with Gasteiger partial charge in [-0.1, -0.05) is 13.8 Å². The standard InChI is InChI=1S/C12H17N5OS.ClH/c1-8(2)6-17-4-3-14-12(17)16-11(18)9-7-19-10(5-13)15-9;/h3-4,7-8H,5-6,13H2,1-2H3,(H,14,16,18);1H. The second kappa shape index (κ2) is 7.37. The number of amides is 1. The number of anilines is 1. The van der Waals surface area contributed by atoms with Crippen LogP contribution in [0.25, 0.3) is 0 Å². The van der Waals surface area contributed by atoms with Gasteiger partial charge in [-0.2, -0.15) is 0 Å². The van der Waals surface area contributed by atoms with Crippen LogP contribution in [0.4, 0.5) is 5.95 Å². The van der Waals surface area contributed by atoms with Gasteiger partial charge >= 0.3 is 0 Å². The third-order valence-corrected chi connectivity index (χ3v) is 3.33. The minimum Gasteiger partial charge on any atom is -0.325 e. The molecule has 0 unspecified atom stereocenters. The number of imidazole rings is 1. The topological polar surface area (TPSA) is 85.8 Å². The molecule has 2 aromatic rings. The average molecular weight is 316 g/mol. The highest BCUT2D eigenvalue weighted by Gasteiger charge is 2.13. The molecule has 0 saturated carbocycles. The summed E-state index contributed by atoms with van der Waals surface area (Å²) < 4.78 is 1.92. The smallest absolute Gasteiger partial charge is 0.277 e. The highest BCUT2D eigenvalue weighted by molar-refractivity contribution is 7.09. The molecule has 2 aromatic heterocycles. The summed E-state index contributed by atoms with van der Waals surface area (Å²) in [6, 6.07) is 0. The minimum absolute atomic E-state index is 0. The molecule has 0 aliphatic heterocycles. The largest absolute Gasteiger partial charge is 0.325 e. The quantitative estimate of drug-likeness (QED) is 0.885. The Bertz CT molecular complexity index is 566. The van der Waals surface area contributed by atoms with Crippen molar-refractivity contribution in [3.05, 3.63) is 28.5 Å². The number of nitrogens with one attached hydrogen (secondary N) is 1. The van der Waals surface area contributed by atoms with E-state index in [9.17, 15) is 4.79 Å². The number of rotatable bonds is 5. The second-order valence-electron chi connectivity index (χ2n) is 4.58. The molecule has 0 saturated heterocycles. The number of aromatic nitrogens is 3. The number of carbonyl (C=O) groups excluding carboxylic acids is 1. The SMILES string of the molecule is CC(C)Cn1ccnc1NC(=O)c1csc(CN)n1.Cl. The highest BCUT2D eigenvalue weighted by atomic mass is 35.5. The van der Waals surface area contributed by atoms with Gasteiger partial charge in [-0.3, -0.25) is 10.1 Å². The Morgan fingerprint density at radius 2 is 2.30 bits per heavy atom. The van der Waals surface area contributed by atoms with E-state index in [-0.39, 0.29) is 18.3 Å². The summed E-state index contributed by atoms with van der Waals surface area (Å²) in [4.78, 5) is 20.3. The maximum absolute atomic E-state index is 12.0. The Morgan fingerprint density at radius 1 is 1.55 bits per heavy atom. The molecule has 0 bridgehead atoms. The zero-order valence-electron chi connectivity index (χ0n) is 11.4. The number of thiazole rings is 1. The first-order valence-corrected chi connectivity index (χ1v) is 6.95. The lowest BCUT2D eigenvalue weighted by atomic mass is 10.2. The van der Waals surface area contributed by atoms with E-state index in [4.69, 9.17) is 5.73 Å². The van der Waals surface area contributed by atoms with E-state index >= 15 is 0 Å². The predicted molar refractivity (Wildman–Crippen MR) is 82.3 cm³/mol. The maximum atomic E-state index is 12.0. The van der Waals surface area contributed by atoms with E-state index in [1.54, 1.807) is 11.6 Å². The van der Waals surface area contributed by atoms with Crippen molar-refractivity contribution in [2.24, 2.45) is 11.7 Å². The molecule has 1 amide bonds. The van der Waals surface area contributed by atoms with Crippen molar-refractivity contribution in [1.82, 2.24) is 14.5 Å². The van der Waals surface area contributed by atoms with Crippen LogP contribution in [0.3, 0.4) is 0 Å². The van der Waals surface area contributed by atoms with E-state index < -0.39 is 0 Å². The van der Waals surface area contributed by atoms with Gasteiger partial charge in [0.25, 0.3) is 5.91 Å². The van der Waals surface area contributed by atoms with Crippen LogP contribution in [0.5, 0.6) is 0 Å². The van der Waals surface area contributed by atoms with E-state index in [0.717, 1.165) is 11.6 Å².